The van der Waals surface area contributed by atoms with Crippen molar-refractivity contribution >= 4 is 20.0 Å². The molecule has 0 amide bonds. The number of carbonyl (C=O) groups is 1. The molecule has 0 bridgehead atoms. The highest BCUT2D eigenvalue weighted by molar-refractivity contribution is 6.74. The van der Waals surface area contributed by atoms with Crippen LogP contribution in [0.5, 0.6) is 0 Å². The van der Waals surface area contributed by atoms with E-state index in [0.29, 0.717) is 24.4 Å². The molecule has 39 heavy (non-hydrogen) atoms. The number of rotatable bonds is 6. The Balaban J connectivity index is 1.17. The lowest BCUT2D eigenvalue weighted by atomic mass is 9.47. The Morgan fingerprint density at radius 2 is 1.82 bits per heavy atom. The van der Waals surface area contributed by atoms with Crippen LogP contribution in [0.3, 0.4) is 0 Å². The molecular formula is C33H49NO4Si. The second-order valence-electron chi connectivity index (χ2n) is 14.5. The van der Waals surface area contributed by atoms with Gasteiger partial charge in [0.1, 0.15) is 12.7 Å². The minimum Gasteiger partial charge on any atom is -0.432 e. The molecule has 0 unspecified atom stereocenters. The first-order valence-electron chi connectivity index (χ1n) is 15.1. The molecule has 0 N–H and O–H groups in total. The lowest BCUT2D eigenvalue weighted by molar-refractivity contribution is -0.0370. The highest BCUT2D eigenvalue weighted by Gasteiger charge is 2.57. The fraction of sp³-hybridized carbons (Fsp3) is 0.697. The van der Waals surface area contributed by atoms with E-state index >= 15 is 0 Å². The SMILES string of the molecule is CC(C)(C)[Si](C)(C)OCCOC(=O)O[C@H]1CC[C@@]2(C)C(=CC[C@@H]3[C@@H]2CC[C@]2(C)C(c4cccnc4)=CC[C@@H]32)C1. The van der Waals surface area contributed by atoms with E-state index in [1.165, 1.54) is 36.0 Å². The molecule has 0 spiro atoms. The topological polar surface area (TPSA) is 57.7 Å². The Labute approximate surface area is 236 Å². The zero-order valence-corrected chi connectivity index (χ0v) is 26.2. The number of hydrogen-bond donors (Lipinski definition) is 0. The van der Waals surface area contributed by atoms with Gasteiger partial charge < -0.3 is 13.9 Å². The van der Waals surface area contributed by atoms with Crippen LogP contribution < -0.4 is 0 Å². The summed E-state index contributed by atoms with van der Waals surface area (Å²) < 4.78 is 17.3. The van der Waals surface area contributed by atoms with Gasteiger partial charge in [-0.1, -0.05) is 58.4 Å². The van der Waals surface area contributed by atoms with Crippen molar-refractivity contribution < 1.29 is 18.7 Å². The monoisotopic (exact) mass is 551 g/mol. The van der Waals surface area contributed by atoms with Gasteiger partial charge in [-0.15, -0.1) is 0 Å². The van der Waals surface area contributed by atoms with Gasteiger partial charge in [0.15, 0.2) is 8.32 Å². The van der Waals surface area contributed by atoms with E-state index in [2.05, 4.69) is 77.0 Å². The van der Waals surface area contributed by atoms with Gasteiger partial charge >= 0.3 is 6.16 Å². The Morgan fingerprint density at radius 1 is 1.05 bits per heavy atom. The molecule has 214 valence electrons. The fourth-order valence-electron chi connectivity index (χ4n) is 8.07. The maximum Gasteiger partial charge on any atom is 0.508 e. The van der Waals surface area contributed by atoms with Crippen LogP contribution in [-0.2, 0) is 13.9 Å². The van der Waals surface area contributed by atoms with Gasteiger partial charge in [-0.25, -0.2) is 4.79 Å². The van der Waals surface area contributed by atoms with Gasteiger partial charge in [0.05, 0.1) is 6.61 Å². The zero-order valence-electron chi connectivity index (χ0n) is 25.2. The largest absolute Gasteiger partial charge is 0.508 e. The van der Waals surface area contributed by atoms with E-state index in [1.54, 1.807) is 0 Å². The van der Waals surface area contributed by atoms with Crippen LogP contribution in [0.4, 0.5) is 4.79 Å². The fourth-order valence-corrected chi connectivity index (χ4v) is 9.10. The van der Waals surface area contributed by atoms with E-state index in [-0.39, 0.29) is 28.6 Å². The van der Waals surface area contributed by atoms with E-state index in [4.69, 9.17) is 13.9 Å². The number of hydrogen-bond acceptors (Lipinski definition) is 5. The Morgan fingerprint density at radius 3 is 2.54 bits per heavy atom. The number of nitrogens with zero attached hydrogens (tertiary/aromatic N) is 1. The van der Waals surface area contributed by atoms with Crippen LogP contribution in [0.25, 0.3) is 5.57 Å². The molecule has 2 saturated carbocycles. The highest BCUT2D eigenvalue weighted by atomic mass is 28.4. The smallest absolute Gasteiger partial charge is 0.432 e. The molecule has 4 aliphatic rings. The number of fused-ring (bicyclic) bond motifs is 5. The van der Waals surface area contributed by atoms with Gasteiger partial charge in [0.2, 0.25) is 0 Å². The first kappa shape index (κ1) is 28.6. The minimum absolute atomic E-state index is 0.0890. The first-order chi connectivity index (χ1) is 18.3. The number of pyridine rings is 1. The highest BCUT2D eigenvalue weighted by Crippen LogP contribution is 2.66. The lowest BCUT2D eigenvalue weighted by Gasteiger charge is -2.57. The predicted molar refractivity (Wildman–Crippen MR) is 159 cm³/mol. The van der Waals surface area contributed by atoms with Crippen molar-refractivity contribution in [2.24, 2.45) is 28.6 Å². The van der Waals surface area contributed by atoms with Gasteiger partial charge in [-0.05, 0) is 102 Å². The zero-order chi connectivity index (χ0) is 28.1. The van der Waals surface area contributed by atoms with Crippen molar-refractivity contribution in [1.29, 1.82) is 0 Å². The second-order valence-corrected chi connectivity index (χ2v) is 19.3. The summed E-state index contributed by atoms with van der Waals surface area (Å²) in [6.07, 6.45) is 16.0. The Hall–Kier alpha value is -1.92. The molecule has 0 radical (unpaired) electrons. The van der Waals surface area contributed by atoms with Crippen molar-refractivity contribution in [3.63, 3.8) is 0 Å². The molecule has 0 aliphatic heterocycles. The van der Waals surface area contributed by atoms with Gasteiger partial charge in [0, 0.05) is 18.8 Å². The summed E-state index contributed by atoms with van der Waals surface area (Å²) in [7, 11) is -1.84. The van der Waals surface area contributed by atoms with Crippen molar-refractivity contribution in [3.8, 4) is 0 Å². The van der Waals surface area contributed by atoms with Crippen LogP contribution in [0.15, 0.2) is 42.3 Å². The summed E-state index contributed by atoms with van der Waals surface area (Å²) >= 11 is 0. The van der Waals surface area contributed by atoms with Crippen LogP contribution in [0.1, 0.15) is 85.1 Å². The molecule has 2 fully saturated rings. The number of ether oxygens (including phenoxy) is 2. The molecule has 0 saturated heterocycles. The molecular weight excluding hydrogens is 502 g/mol. The van der Waals surface area contributed by atoms with Crippen molar-refractivity contribution in [2.45, 2.75) is 104 Å². The Kier molecular flexibility index (Phi) is 7.69. The van der Waals surface area contributed by atoms with Crippen molar-refractivity contribution in [1.82, 2.24) is 4.98 Å². The average molecular weight is 552 g/mol. The normalized spacial score (nSPS) is 34.2. The quantitative estimate of drug-likeness (QED) is 0.153. The van der Waals surface area contributed by atoms with E-state index < -0.39 is 14.5 Å². The van der Waals surface area contributed by atoms with E-state index in [9.17, 15) is 4.79 Å². The van der Waals surface area contributed by atoms with Crippen LogP contribution in [0.2, 0.25) is 18.1 Å². The van der Waals surface area contributed by atoms with Crippen molar-refractivity contribution in [3.05, 3.63) is 47.8 Å². The summed E-state index contributed by atoms with van der Waals surface area (Å²) in [4.78, 5) is 16.9. The molecule has 4 aliphatic carbocycles. The first-order valence-corrected chi connectivity index (χ1v) is 18.0. The maximum atomic E-state index is 12.5. The average Bonchev–Trinajstić information content (AvgIpc) is 3.24. The molecule has 6 atom stereocenters. The number of aromatic nitrogens is 1. The minimum atomic E-state index is -1.84. The number of allylic oxidation sites excluding steroid dienone is 3. The summed E-state index contributed by atoms with van der Waals surface area (Å²) in [5.41, 5.74) is 4.78. The molecule has 5 nitrogen and oxygen atoms in total. The molecule has 6 heteroatoms. The third-order valence-corrected chi connectivity index (χ3v) is 16.0. The second kappa shape index (κ2) is 10.5. The van der Waals surface area contributed by atoms with Crippen LogP contribution >= 0.6 is 0 Å². The van der Waals surface area contributed by atoms with E-state index in [1.807, 2.05) is 12.4 Å². The molecule has 0 aromatic carbocycles. The number of carbonyl (C=O) groups excluding carboxylic acids is 1. The summed E-state index contributed by atoms with van der Waals surface area (Å²) in [5.74, 6) is 2.11. The summed E-state index contributed by atoms with van der Waals surface area (Å²) in [5, 5.41) is 0.141. The summed E-state index contributed by atoms with van der Waals surface area (Å²) in [6.45, 7) is 16.7. The molecule has 5 rings (SSSR count). The molecule has 1 aromatic heterocycles. The van der Waals surface area contributed by atoms with Gasteiger partial charge in [0.25, 0.3) is 0 Å². The molecule has 1 heterocycles. The van der Waals surface area contributed by atoms with E-state index in [0.717, 1.165) is 25.7 Å². The van der Waals surface area contributed by atoms with Crippen LogP contribution in [0, 0.1) is 28.6 Å². The van der Waals surface area contributed by atoms with Crippen LogP contribution in [-0.4, -0.2) is 38.8 Å². The van der Waals surface area contributed by atoms with Crippen molar-refractivity contribution in [2.75, 3.05) is 13.2 Å². The Bertz CT molecular complexity index is 1120. The maximum absolute atomic E-state index is 12.5. The summed E-state index contributed by atoms with van der Waals surface area (Å²) in [6, 6.07) is 4.29. The lowest BCUT2D eigenvalue weighted by Crippen LogP contribution is -2.50. The van der Waals surface area contributed by atoms with Gasteiger partial charge in [-0.3, -0.25) is 4.98 Å². The predicted octanol–water partition coefficient (Wildman–Crippen LogP) is 8.58. The third-order valence-electron chi connectivity index (χ3n) is 11.4. The standard InChI is InChI=1S/C33H49NO4Si/c1-31(2,3)39(6,7)37-20-19-36-30(35)38-25-14-16-32(4)24(21-25)10-11-26-28-13-12-27(23-9-8-18-34-22-23)33(28,5)17-15-29(26)32/h8-10,12,18,22,25-26,28-29H,11,13-17,19-21H2,1-7H3/t25-,26-,28-,29-,32-,33+/m0/s1. The third kappa shape index (κ3) is 5.28. The molecule has 1 aromatic rings. The van der Waals surface area contributed by atoms with Gasteiger partial charge in [-0.2, -0.15) is 0 Å².